The van der Waals surface area contributed by atoms with Gasteiger partial charge in [-0.15, -0.1) is 36.2 Å². The van der Waals surface area contributed by atoms with Crippen molar-refractivity contribution < 1.29 is 4.79 Å². The van der Waals surface area contributed by atoms with E-state index in [9.17, 15) is 4.79 Å². The molecule has 2 atom stereocenters. The Balaban J connectivity index is 0.00000144. The van der Waals surface area contributed by atoms with E-state index in [1.165, 1.54) is 0 Å². The van der Waals surface area contributed by atoms with Gasteiger partial charge in [-0.1, -0.05) is 6.92 Å². The molecule has 1 aliphatic heterocycles. The van der Waals surface area contributed by atoms with Crippen molar-refractivity contribution in [1.29, 1.82) is 0 Å². The SMILES string of the molecule is CC(NC(=O)C(C)C1CNC1)c1nc(-c2ccncc2)cs1.Cl.Cl. The number of nitrogens with zero attached hydrogens (tertiary/aromatic N) is 2. The van der Waals surface area contributed by atoms with Crippen molar-refractivity contribution in [3.63, 3.8) is 0 Å². The molecule has 0 aliphatic carbocycles. The standard InChI is InChI=1S/C16H20N4OS.2ClH/c1-10(13-7-18-8-13)15(21)19-11(2)16-20-14(9-22-16)12-3-5-17-6-4-12;;/h3-6,9-11,13,18H,7-8H2,1-2H3,(H,19,21);2*1H. The van der Waals surface area contributed by atoms with Crippen LogP contribution in [-0.4, -0.2) is 29.0 Å². The van der Waals surface area contributed by atoms with Crippen molar-refractivity contribution in [2.75, 3.05) is 13.1 Å². The lowest BCUT2D eigenvalue weighted by Gasteiger charge is -2.32. The molecule has 1 saturated heterocycles. The number of nitrogens with one attached hydrogen (secondary N) is 2. The molecule has 2 aromatic rings. The number of aromatic nitrogens is 2. The minimum absolute atomic E-state index is 0. The molecule has 2 N–H and O–H groups in total. The lowest BCUT2D eigenvalue weighted by molar-refractivity contribution is -0.127. The highest BCUT2D eigenvalue weighted by molar-refractivity contribution is 7.10. The van der Waals surface area contributed by atoms with Crippen molar-refractivity contribution in [2.24, 2.45) is 11.8 Å². The molecule has 8 heteroatoms. The smallest absolute Gasteiger partial charge is 0.223 e. The summed E-state index contributed by atoms with van der Waals surface area (Å²) in [7, 11) is 0. The predicted molar refractivity (Wildman–Crippen MR) is 102 cm³/mol. The fourth-order valence-electron chi connectivity index (χ4n) is 2.43. The van der Waals surface area contributed by atoms with Crippen LogP contribution in [0.5, 0.6) is 0 Å². The Morgan fingerprint density at radius 2 is 1.96 bits per heavy atom. The summed E-state index contributed by atoms with van der Waals surface area (Å²) >= 11 is 1.58. The maximum atomic E-state index is 12.3. The van der Waals surface area contributed by atoms with Crippen molar-refractivity contribution in [1.82, 2.24) is 20.6 Å². The molecule has 0 bridgehead atoms. The first-order chi connectivity index (χ1) is 10.6. The van der Waals surface area contributed by atoms with Crippen LogP contribution in [0, 0.1) is 11.8 Å². The summed E-state index contributed by atoms with van der Waals surface area (Å²) in [5.41, 5.74) is 1.98. The van der Waals surface area contributed by atoms with Crippen molar-refractivity contribution in [3.8, 4) is 11.3 Å². The lowest BCUT2D eigenvalue weighted by atomic mass is 9.88. The van der Waals surface area contributed by atoms with Crippen LogP contribution in [0.15, 0.2) is 29.9 Å². The van der Waals surface area contributed by atoms with E-state index in [-0.39, 0.29) is 42.7 Å². The predicted octanol–water partition coefficient (Wildman–Crippen LogP) is 3.08. The molecule has 0 spiro atoms. The molecule has 2 aromatic heterocycles. The molecular formula is C16H22Cl2N4OS. The molecule has 1 amide bonds. The largest absolute Gasteiger partial charge is 0.347 e. The summed E-state index contributed by atoms with van der Waals surface area (Å²) < 4.78 is 0. The number of hydrogen-bond acceptors (Lipinski definition) is 5. The number of thiazole rings is 1. The second kappa shape index (κ2) is 9.32. The molecule has 24 heavy (non-hydrogen) atoms. The molecule has 5 nitrogen and oxygen atoms in total. The summed E-state index contributed by atoms with van der Waals surface area (Å²) in [4.78, 5) is 20.9. The third-order valence-corrected chi connectivity index (χ3v) is 5.19. The first kappa shape index (κ1) is 20.8. The zero-order valence-corrected chi connectivity index (χ0v) is 16.0. The lowest BCUT2D eigenvalue weighted by Crippen LogP contribution is -2.49. The number of pyridine rings is 1. The van der Waals surface area contributed by atoms with Gasteiger partial charge in [-0.3, -0.25) is 9.78 Å². The van der Waals surface area contributed by atoms with Crippen molar-refractivity contribution >= 4 is 42.1 Å². The summed E-state index contributed by atoms with van der Waals surface area (Å²) in [6.07, 6.45) is 3.52. The summed E-state index contributed by atoms with van der Waals surface area (Å²) in [5, 5.41) is 9.24. The highest BCUT2D eigenvalue weighted by atomic mass is 35.5. The topological polar surface area (TPSA) is 66.9 Å². The summed E-state index contributed by atoms with van der Waals surface area (Å²) in [6.45, 7) is 5.86. The van der Waals surface area contributed by atoms with Gasteiger partial charge in [0.15, 0.2) is 0 Å². The number of amides is 1. The maximum Gasteiger partial charge on any atom is 0.223 e. The zero-order valence-electron chi connectivity index (χ0n) is 13.6. The van der Waals surface area contributed by atoms with Gasteiger partial charge in [0.25, 0.3) is 0 Å². The van der Waals surface area contributed by atoms with Gasteiger partial charge in [-0.25, -0.2) is 4.98 Å². The van der Waals surface area contributed by atoms with Crippen LogP contribution >= 0.6 is 36.2 Å². The Bertz CT molecular complexity index is 649. The van der Waals surface area contributed by atoms with Crippen LogP contribution in [0.3, 0.4) is 0 Å². The Kier molecular flexibility index (Phi) is 8.09. The Hall–Kier alpha value is -1.21. The minimum atomic E-state index is -0.0661. The fraction of sp³-hybridized carbons (Fsp3) is 0.438. The van der Waals surface area contributed by atoms with E-state index >= 15 is 0 Å². The Labute approximate surface area is 158 Å². The zero-order chi connectivity index (χ0) is 15.5. The van der Waals surface area contributed by atoms with E-state index in [1.54, 1.807) is 23.7 Å². The minimum Gasteiger partial charge on any atom is -0.347 e. The molecule has 0 aromatic carbocycles. The fourth-order valence-corrected chi connectivity index (χ4v) is 3.26. The van der Waals surface area contributed by atoms with Crippen LogP contribution in [0.25, 0.3) is 11.3 Å². The molecule has 0 radical (unpaired) electrons. The maximum absolute atomic E-state index is 12.3. The quantitative estimate of drug-likeness (QED) is 0.825. The Morgan fingerprint density at radius 1 is 1.29 bits per heavy atom. The van der Waals surface area contributed by atoms with Crippen molar-refractivity contribution in [3.05, 3.63) is 34.9 Å². The second-order valence-corrected chi connectivity index (χ2v) is 6.63. The Morgan fingerprint density at radius 3 is 2.54 bits per heavy atom. The normalized spacial score (nSPS) is 16.1. The van der Waals surface area contributed by atoms with Gasteiger partial charge in [0.2, 0.25) is 5.91 Å². The van der Waals surface area contributed by atoms with Crippen LogP contribution in [0.4, 0.5) is 0 Å². The highest BCUT2D eigenvalue weighted by Crippen LogP contribution is 2.25. The third-order valence-electron chi connectivity index (χ3n) is 4.16. The van der Waals surface area contributed by atoms with Gasteiger partial charge < -0.3 is 10.6 Å². The van der Waals surface area contributed by atoms with E-state index in [1.807, 2.05) is 31.4 Å². The summed E-state index contributed by atoms with van der Waals surface area (Å²) in [5.74, 6) is 0.610. The van der Waals surface area contributed by atoms with Crippen molar-refractivity contribution in [2.45, 2.75) is 19.9 Å². The molecule has 3 heterocycles. The molecule has 3 rings (SSSR count). The van der Waals surface area contributed by atoms with Gasteiger partial charge in [0.05, 0.1) is 11.7 Å². The molecule has 2 unspecified atom stereocenters. The van der Waals surface area contributed by atoms with Gasteiger partial charge in [-0.05, 0) is 38.1 Å². The van der Waals surface area contributed by atoms with E-state index < -0.39 is 0 Å². The number of carbonyl (C=O) groups excluding carboxylic acids is 1. The molecular weight excluding hydrogens is 367 g/mol. The average molecular weight is 389 g/mol. The summed E-state index contributed by atoms with van der Waals surface area (Å²) in [6, 6.07) is 3.81. The van der Waals surface area contributed by atoms with Crippen LogP contribution < -0.4 is 10.6 Å². The van der Waals surface area contributed by atoms with E-state index in [0.717, 1.165) is 29.4 Å². The first-order valence-corrected chi connectivity index (χ1v) is 8.40. The number of carbonyl (C=O) groups is 1. The van der Waals surface area contributed by atoms with Gasteiger partial charge in [-0.2, -0.15) is 0 Å². The first-order valence-electron chi connectivity index (χ1n) is 7.52. The van der Waals surface area contributed by atoms with Gasteiger partial charge >= 0.3 is 0 Å². The van der Waals surface area contributed by atoms with Crippen LogP contribution in [0.1, 0.15) is 24.9 Å². The third kappa shape index (κ3) is 4.66. The number of rotatable bonds is 5. The van der Waals surface area contributed by atoms with E-state index in [2.05, 4.69) is 20.6 Å². The molecule has 1 aliphatic rings. The van der Waals surface area contributed by atoms with E-state index in [0.29, 0.717) is 5.92 Å². The van der Waals surface area contributed by atoms with Crippen LogP contribution in [-0.2, 0) is 4.79 Å². The van der Waals surface area contributed by atoms with Crippen LogP contribution in [0.2, 0.25) is 0 Å². The van der Waals surface area contributed by atoms with Gasteiger partial charge in [0.1, 0.15) is 5.01 Å². The average Bonchev–Trinajstić information content (AvgIpc) is 2.96. The number of hydrogen-bond donors (Lipinski definition) is 2. The number of halogens is 2. The highest BCUT2D eigenvalue weighted by Gasteiger charge is 2.29. The molecule has 132 valence electrons. The molecule has 0 saturated carbocycles. The molecule has 1 fully saturated rings. The van der Waals surface area contributed by atoms with E-state index in [4.69, 9.17) is 0 Å². The monoisotopic (exact) mass is 388 g/mol. The second-order valence-electron chi connectivity index (χ2n) is 5.74. The van der Waals surface area contributed by atoms with Gasteiger partial charge in [0, 0.05) is 29.3 Å².